The normalized spacial score (nSPS) is 15.8. The smallest absolute Gasteiger partial charge is 0.247 e. The molecule has 2 aromatic rings. The van der Waals surface area contributed by atoms with Crippen molar-refractivity contribution in [3.05, 3.63) is 58.1 Å². The zero-order chi connectivity index (χ0) is 18.1. The Morgan fingerprint density at radius 1 is 1.20 bits per heavy atom. The van der Waals surface area contributed by atoms with Gasteiger partial charge in [-0.2, -0.15) is 0 Å². The summed E-state index contributed by atoms with van der Waals surface area (Å²) in [4.78, 5) is 28.2. The van der Waals surface area contributed by atoms with E-state index in [2.05, 4.69) is 0 Å². The number of halogens is 2. The van der Waals surface area contributed by atoms with Gasteiger partial charge in [0.2, 0.25) is 11.8 Å². The third-order valence-corrected chi connectivity index (χ3v) is 4.90. The molecule has 0 aromatic heterocycles. The van der Waals surface area contributed by atoms with Crippen LogP contribution in [0.25, 0.3) is 0 Å². The fourth-order valence-electron chi connectivity index (χ4n) is 3.22. The molecule has 1 unspecified atom stereocenters. The van der Waals surface area contributed by atoms with E-state index in [9.17, 15) is 9.59 Å². The highest BCUT2D eigenvalue weighted by Gasteiger charge is 2.32. The molecule has 0 fully saturated rings. The molecule has 0 N–H and O–H groups in total. The Balaban J connectivity index is 1.90. The molecule has 2 aromatic carbocycles. The second-order valence-corrected chi connectivity index (χ2v) is 6.99. The van der Waals surface area contributed by atoms with Crippen molar-refractivity contribution in [1.82, 2.24) is 0 Å². The van der Waals surface area contributed by atoms with Crippen LogP contribution in [0.1, 0.15) is 19.4 Å². The van der Waals surface area contributed by atoms with E-state index in [-0.39, 0.29) is 24.4 Å². The molecule has 4 nitrogen and oxygen atoms in total. The van der Waals surface area contributed by atoms with Crippen LogP contribution in [0.15, 0.2) is 42.5 Å². The van der Waals surface area contributed by atoms with Crippen LogP contribution in [0, 0.1) is 0 Å². The van der Waals surface area contributed by atoms with Gasteiger partial charge in [-0.1, -0.05) is 41.4 Å². The van der Waals surface area contributed by atoms with Gasteiger partial charge in [-0.25, -0.2) is 0 Å². The largest absolute Gasteiger partial charge is 0.307 e. The summed E-state index contributed by atoms with van der Waals surface area (Å²) in [6, 6.07) is 12.7. The lowest BCUT2D eigenvalue weighted by molar-refractivity contribution is -0.121. The van der Waals surface area contributed by atoms with Gasteiger partial charge in [0.25, 0.3) is 0 Å². The van der Waals surface area contributed by atoms with Crippen molar-refractivity contribution in [2.24, 2.45) is 0 Å². The predicted molar refractivity (Wildman–Crippen MR) is 102 cm³/mol. The van der Waals surface area contributed by atoms with Crippen molar-refractivity contribution in [1.29, 1.82) is 0 Å². The van der Waals surface area contributed by atoms with E-state index in [1.165, 1.54) is 11.8 Å². The second kappa shape index (κ2) is 7.06. The lowest BCUT2D eigenvalue weighted by Gasteiger charge is -2.28. The molecule has 0 saturated carbocycles. The van der Waals surface area contributed by atoms with E-state index in [0.29, 0.717) is 15.7 Å². The highest BCUT2D eigenvalue weighted by Crippen LogP contribution is 2.33. The molecule has 0 radical (unpaired) electrons. The molecule has 3 rings (SSSR count). The zero-order valence-corrected chi connectivity index (χ0v) is 15.5. The minimum Gasteiger partial charge on any atom is -0.307 e. The molecule has 1 heterocycles. The molecule has 0 spiro atoms. The highest BCUT2D eigenvalue weighted by molar-refractivity contribution is 6.36. The number of hydrogen-bond acceptors (Lipinski definition) is 2. The monoisotopic (exact) mass is 376 g/mol. The molecule has 1 aliphatic heterocycles. The minimum absolute atomic E-state index is 0.0496. The van der Waals surface area contributed by atoms with Crippen molar-refractivity contribution in [3.8, 4) is 0 Å². The fourth-order valence-corrected chi connectivity index (χ4v) is 3.60. The van der Waals surface area contributed by atoms with Crippen LogP contribution in [0.5, 0.6) is 0 Å². The molecule has 2 amide bonds. The van der Waals surface area contributed by atoms with E-state index < -0.39 is 0 Å². The van der Waals surface area contributed by atoms with E-state index in [4.69, 9.17) is 23.2 Å². The molecule has 0 bridgehead atoms. The number of hydrogen-bond donors (Lipinski definition) is 0. The van der Waals surface area contributed by atoms with Crippen molar-refractivity contribution in [3.63, 3.8) is 0 Å². The number of nitrogens with zero attached hydrogens (tertiary/aromatic N) is 2. The first-order chi connectivity index (χ1) is 11.9. The maximum atomic E-state index is 13.0. The number of anilines is 2. The van der Waals surface area contributed by atoms with E-state index in [1.54, 1.807) is 23.1 Å². The van der Waals surface area contributed by atoms with Crippen LogP contribution in [-0.4, -0.2) is 24.4 Å². The molecule has 130 valence electrons. The predicted octanol–water partition coefficient (Wildman–Crippen LogP) is 4.32. The van der Waals surface area contributed by atoms with Gasteiger partial charge in [0.1, 0.15) is 6.54 Å². The summed E-state index contributed by atoms with van der Waals surface area (Å²) in [5.41, 5.74) is 2.48. The van der Waals surface area contributed by atoms with Gasteiger partial charge in [0, 0.05) is 23.7 Å². The van der Waals surface area contributed by atoms with Gasteiger partial charge < -0.3 is 9.80 Å². The van der Waals surface area contributed by atoms with Crippen LogP contribution in [0.4, 0.5) is 11.4 Å². The van der Waals surface area contributed by atoms with Gasteiger partial charge in [0.05, 0.1) is 10.7 Å². The SMILES string of the molecule is CC(=O)N(CC(=O)N1c2ccccc2CC1C)c1cc(Cl)ccc1Cl. The summed E-state index contributed by atoms with van der Waals surface area (Å²) in [7, 11) is 0. The van der Waals surface area contributed by atoms with Crippen LogP contribution >= 0.6 is 23.2 Å². The summed E-state index contributed by atoms with van der Waals surface area (Å²) in [5.74, 6) is -0.415. The summed E-state index contributed by atoms with van der Waals surface area (Å²) >= 11 is 12.2. The lowest BCUT2D eigenvalue weighted by atomic mass is 10.1. The minimum atomic E-state index is -0.266. The first-order valence-corrected chi connectivity index (χ1v) is 8.77. The van der Waals surface area contributed by atoms with Gasteiger partial charge in [-0.05, 0) is 43.2 Å². The van der Waals surface area contributed by atoms with Crippen LogP contribution in [0.3, 0.4) is 0 Å². The summed E-state index contributed by atoms with van der Waals surface area (Å²) in [6.07, 6.45) is 0.805. The van der Waals surface area contributed by atoms with Crippen molar-refractivity contribution < 1.29 is 9.59 Å². The fraction of sp³-hybridized carbons (Fsp3) is 0.263. The Labute approximate surface area is 156 Å². The Hall–Kier alpha value is -2.04. The first-order valence-electron chi connectivity index (χ1n) is 8.01. The standard InChI is InChI=1S/C19H18Cl2N2O2/c1-12-9-14-5-3-4-6-17(14)23(12)19(25)11-22(13(2)24)18-10-15(20)7-8-16(18)21/h3-8,10,12H,9,11H2,1-2H3. The van der Waals surface area contributed by atoms with Gasteiger partial charge in [-0.15, -0.1) is 0 Å². The Bertz CT molecular complexity index is 838. The molecule has 1 aliphatic rings. The quantitative estimate of drug-likeness (QED) is 0.799. The Morgan fingerprint density at radius 3 is 2.64 bits per heavy atom. The molecule has 25 heavy (non-hydrogen) atoms. The number of amides is 2. The van der Waals surface area contributed by atoms with Crippen molar-refractivity contribution >= 4 is 46.4 Å². The number of carbonyl (C=O) groups is 2. The number of rotatable bonds is 3. The third kappa shape index (κ3) is 3.51. The average molecular weight is 377 g/mol. The number of benzene rings is 2. The Morgan fingerprint density at radius 2 is 1.92 bits per heavy atom. The number of para-hydroxylation sites is 1. The van der Waals surface area contributed by atoms with Crippen molar-refractivity contribution in [2.45, 2.75) is 26.3 Å². The second-order valence-electron chi connectivity index (χ2n) is 6.15. The van der Waals surface area contributed by atoms with Gasteiger partial charge >= 0.3 is 0 Å². The van der Waals surface area contributed by atoms with Crippen LogP contribution < -0.4 is 9.80 Å². The van der Waals surface area contributed by atoms with E-state index in [0.717, 1.165) is 17.7 Å². The highest BCUT2D eigenvalue weighted by atomic mass is 35.5. The van der Waals surface area contributed by atoms with Gasteiger partial charge in [0.15, 0.2) is 0 Å². The molecular formula is C19H18Cl2N2O2. The summed E-state index contributed by atoms with van der Waals surface area (Å²) in [6.45, 7) is 3.32. The molecular weight excluding hydrogens is 359 g/mol. The van der Waals surface area contributed by atoms with Crippen LogP contribution in [-0.2, 0) is 16.0 Å². The van der Waals surface area contributed by atoms with Crippen LogP contribution in [0.2, 0.25) is 10.0 Å². The maximum absolute atomic E-state index is 13.0. The molecule has 0 aliphatic carbocycles. The topological polar surface area (TPSA) is 40.6 Å². The zero-order valence-electron chi connectivity index (χ0n) is 14.0. The van der Waals surface area contributed by atoms with E-state index >= 15 is 0 Å². The Kier molecular flexibility index (Phi) is 5.02. The van der Waals surface area contributed by atoms with Crippen molar-refractivity contribution in [2.75, 3.05) is 16.3 Å². The first kappa shape index (κ1) is 17.8. The average Bonchev–Trinajstić information content (AvgIpc) is 2.90. The molecule has 6 heteroatoms. The summed E-state index contributed by atoms with van der Waals surface area (Å²) in [5, 5.41) is 0.834. The third-order valence-electron chi connectivity index (χ3n) is 4.35. The van der Waals surface area contributed by atoms with E-state index in [1.807, 2.05) is 31.2 Å². The molecule has 1 atom stereocenters. The molecule has 0 saturated heterocycles. The lowest BCUT2D eigenvalue weighted by Crippen LogP contribution is -2.44. The summed E-state index contributed by atoms with van der Waals surface area (Å²) < 4.78 is 0. The number of carbonyl (C=O) groups excluding carboxylic acids is 2. The van der Waals surface area contributed by atoms with Gasteiger partial charge in [-0.3, -0.25) is 9.59 Å². The number of fused-ring (bicyclic) bond motifs is 1. The maximum Gasteiger partial charge on any atom is 0.247 e.